The van der Waals surface area contributed by atoms with Crippen molar-refractivity contribution in [3.05, 3.63) is 39.9 Å². The average molecular weight is 284 g/mol. The fourth-order valence-electron chi connectivity index (χ4n) is 1.19. The van der Waals surface area contributed by atoms with E-state index >= 15 is 0 Å². The normalized spacial score (nSPS) is 11.9. The van der Waals surface area contributed by atoms with Crippen LogP contribution in [0, 0.1) is 5.41 Å². The number of nitrogens with one attached hydrogen (secondary N) is 1. The van der Waals surface area contributed by atoms with Crippen LogP contribution in [-0.2, 0) is 4.79 Å². The minimum atomic E-state index is -1.31. The van der Waals surface area contributed by atoms with Crippen molar-refractivity contribution in [3.8, 4) is 0 Å². The molecule has 0 heterocycles. The third-order valence-corrected chi connectivity index (χ3v) is 2.47. The Kier molecular flexibility index (Phi) is 3.84. The number of benzene rings is 1. The predicted octanol–water partition coefficient (Wildman–Crippen LogP) is 2.84. The summed E-state index contributed by atoms with van der Waals surface area (Å²) in [4.78, 5) is 10.9. The van der Waals surface area contributed by atoms with Gasteiger partial charge in [-0.3, -0.25) is 0 Å². The number of aliphatic hydroxyl groups excluding tert-OH is 1. The van der Waals surface area contributed by atoms with E-state index in [9.17, 15) is 9.90 Å². The van der Waals surface area contributed by atoms with Gasteiger partial charge in [-0.25, -0.2) is 4.79 Å². The van der Waals surface area contributed by atoms with Crippen molar-refractivity contribution in [1.82, 2.24) is 0 Å². The van der Waals surface area contributed by atoms with E-state index in [0.717, 1.165) is 4.47 Å². The first kappa shape index (κ1) is 12.4. The number of aliphatic carboxylic acids is 1. The molecular weight excluding hydrogens is 274 g/mol. The van der Waals surface area contributed by atoms with Gasteiger partial charge in [-0.2, -0.15) is 0 Å². The molecule has 0 aliphatic carbocycles. The summed E-state index contributed by atoms with van der Waals surface area (Å²) in [5.74, 6) is -1.71. The molecule has 5 heteroatoms. The highest BCUT2D eigenvalue weighted by molar-refractivity contribution is 9.10. The maximum absolute atomic E-state index is 10.9. The van der Waals surface area contributed by atoms with Gasteiger partial charge >= 0.3 is 5.97 Å². The molecule has 0 amide bonds. The summed E-state index contributed by atoms with van der Waals surface area (Å²) >= 11 is 3.23. The van der Waals surface area contributed by atoms with Gasteiger partial charge in [0.15, 0.2) is 0 Å². The van der Waals surface area contributed by atoms with Gasteiger partial charge in [0.05, 0.1) is 0 Å². The highest BCUT2D eigenvalue weighted by Crippen LogP contribution is 2.19. The molecule has 1 rings (SSSR count). The van der Waals surface area contributed by atoms with Crippen molar-refractivity contribution >= 4 is 33.4 Å². The molecular formula is C11H10BrNO3. The van der Waals surface area contributed by atoms with Crippen molar-refractivity contribution < 1.29 is 15.0 Å². The predicted molar refractivity (Wildman–Crippen MR) is 64.7 cm³/mol. The molecule has 0 saturated heterocycles. The smallest absolute Gasteiger partial charge is 0.341 e. The highest BCUT2D eigenvalue weighted by atomic mass is 79.9. The van der Waals surface area contributed by atoms with E-state index in [-0.39, 0.29) is 11.3 Å². The zero-order valence-corrected chi connectivity index (χ0v) is 10.1. The van der Waals surface area contributed by atoms with E-state index < -0.39 is 11.7 Å². The first-order chi connectivity index (χ1) is 7.43. The van der Waals surface area contributed by atoms with Crippen molar-refractivity contribution in [3.63, 3.8) is 0 Å². The van der Waals surface area contributed by atoms with Crippen LogP contribution in [0.4, 0.5) is 0 Å². The molecule has 0 fully saturated rings. The van der Waals surface area contributed by atoms with Gasteiger partial charge in [0.25, 0.3) is 0 Å². The van der Waals surface area contributed by atoms with E-state index in [0.29, 0.717) is 5.56 Å². The molecule has 0 bridgehead atoms. The molecule has 0 unspecified atom stereocenters. The molecule has 1 aromatic rings. The van der Waals surface area contributed by atoms with Crippen molar-refractivity contribution in [2.24, 2.45) is 0 Å². The summed E-state index contributed by atoms with van der Waals surface area (Å²) in [6.07, 6.45) is 0. The largest absolute Gasteiger partial charge is 0.506 e. The Balaban J connectivity index is 3.29. The number of halogens is 1. The van der Waals surface area contributed by atoms with E-state index in [2.05, 4.69) is 15.9 Å². The quantitative estimate of drug-likeness (QED) is 0.453. The molecule has 0 spiro atoms. The van der Waals surface area contributed by atoms with Crippen LogP contribution in [0.5, 0.6) is 0 Å². The number of carboxylic acid groups (broad SMARTS) is 1. The number of rotatable bonds is 3. The fourth-order valence-corrected chi connectivity index (χ4v) is 1.46. The minimum Gasteiger partial charge on any atom is -0.506 e. The van der Waals surface area contributed by atoms with Gasteiger partial charge in [-0.1, -0.05) is 28.1 Å². The van der Waals surface area contributed by atoms with Gasteiger partial charge in [0.1, 0.15) is 11.3 Å². The lowest BCUT2D eigenvalue weighted by Gasteiger charge is -2.05. The fraction of sp³-hybridized carbons (Fsp3) is 0.0909. The molecule has 0 aliphatic heterocycles. The van der Waals surface area contributed by atoms with Crippen LogP contribution in [0.3, 0.4) is 0 Å². The maximum atomic E-state index is 10.9. The summed E-state index contributed by atoms with van der Waals surface area (Å²) in [6, 6.07) is 6.52. The molecule has 0 aliphatic rings. The van der Waals surface area contributed by atoms with E-state index in [4.69, 9.17) is 10.5 Å². The molecule has 16 heavy (non-hydrogen) atoms. The van der Waals surface area contributed by atoms with Crippen LogP contribution >= 0.6 is 15.9 Å². The maximum Gasteiger partial charge on any atom is 0.341 e. The Bertz CT molecular complexity index is 447. The molecule has 4 nitrogen and oxygen atoms in total. The van der Waals surface area contributed by atoms with Gasteiger partial charge in [-0.15, -0.1) is 0 Å². The standard InChI is InChI=1S/C11H10BrNO3/c1-6(13)9(11(15)16)10(14)7-2-4-8(12)5-3-7/h2-5,13-14H,1H3,(H,15,16)/b10-9+,13-6?. The van der Waals surface area contributed by atoms with Crippen LogP contribution in [0.2, 0.25) is 0 Å². The Hall–Kier alpha value is -1.62. The third kappa shape index (κ3) is 2.70. The second kappa shape index (κ2) is 4.94. The molecule has 0 radical (unpaired) electrons. The summed E-state index contributed by atoms with van der Waals surface area (Å²) in [7, 11) is 0. The summed E-state index contributed by atoms with van der Waals surface area (Å²) in [5.41, 5.74) is -0.206. The minimum absolute atomic E-state index is 0.187. The van der Waals surface area contributed by atoms with E-state index in [1.54, 1.807) is 24.3 Å². The highest BCUT2D eigenvalue weighted by Gasteiger charge is 2.17. The Morgan fingerprint density at radius 2 is 1.75 bits per heavy atom. The topological polar surface area (TPSA) is 81.4 Å². The van der Waals surface area contributed by atoms with Gasteiger partial charge in [0, 0.05) is 15.7 Å². The second-order valence-corrected chi connectivity index (χ2v) is 4.08. The summed E-state index contributed by atoms with van der Waals surface area (Å²) in [5, 5.41) is 25.9. The Morgan fingerprint density at radius 1 is 1.25 bits per heavy atom. The van der Waals surface area contributed by atoms with Crippen LogP contribution in [0.1, 0.15) is 12.5 Å². The Labute approximate surface area is 101 Å². The van der Waals surface area contributed by atoms with Crippen LogP contribution < -0.4 is 0 Å². The number of aliphatic hydroxyl groups is 1. The number of carbonyl (C=O) groups is 1. The van der Waals surface area contributed by atoms with Crippen molar-refractivity contribution in [2.45, 2.75) is 6.92 Å². The summed E-state index contributed by atoms with van der Waals surface area (Å²) < 4.78 is 0.826. The lowest BCUT2D eigenvalue weighted by Crippen LogP contribution is -2.11. The summed E-state index contributed by atoms with van der Waals surface area (Å²) in [6.45, 7) is 1.32. The third-order valence-electron chi connectivity index (χ3n) is 1.94. The Morgan fingerprint density at radius 3 is 2.12 bits per heavy atom. The SMILES string of the molecule is CC(=N)/C(C(=O)O)=C(\O)c1ccc(Br)cc1. The lowest BCUT2D eigenvalue weighted by atomic mass is 10.1. The number of hydrogen-bond acceptors (Lipinski definition) is 3. The molecule has 0 aromatic heterocycles. The van der Waals surface area contributed by atoms with Crippen LogP contribution in [0.25, 0.3) is 5.76 Å². The molecule has 0 atom stereocenters. The molecule has 0 saturated carbocycles. The molecule has 1 aromatic carbocycles. The van der Waals surface area contributed by atoms with E-state index in [1.807, 2.05) is 0 Å². The average Bonchev–Trinajstić information content (AvgIpc) is 2.17. The van der Waals surface area contributed by atoms with Crippen molar-refractivity contribution in [1.29, 1.82) is 5.41 Å². The number of carboxylic acids is 1. The molecule has 84 valence electrons. The van der Waals surface area contributed by atoms with E-state index in [1.165, 1.54) is 6.92 Å². The van der Waals surface area contributed by atoms with Gasteiger partial charge in [-0.05, 0) is 19.1 Å². The molecule has 3 N–H and O–H groups in total. The van der Waals surface area contributed by atoms with Gasteiger partial charge in [0.2, 0.25) is 0 Å². The van der Waals surface area contributed by atoms with Gasteiger partial charge < -0.3 is 15.6 Å². The van der Waals surface area contributed by atoms with Crippen molar-refractivity contribution in [2.75, 3.05) is 0 Å². The lowest BCUT2D eigenvalue weighted by molar-refractivity contribution is -0.132. The zero-order valence-electron chi connectivity index (χ0n) is 8.49. The van der Waals surface area contributed by atoms with Crippen LogP contribution in [0.15, 0.2) is 34.3 Å². The first-order valence-corrected chi connectivity index (χ1v) is 5.20. The number of hydrogen-bond donors (Lipinski definition) is 3. The first-order valence-electron chi connectivity index (χ1n) is 4.41. The monoisotopic (exact) mass is 283 g/mol. The second-order valence-electron chi connectivity index (χ2n) is 3.16. The zero-order chi connectivity index (χ0) is 12.3. The van der Waals surface area contributed by atoms with Crippen LogP contribution in [-0.4, -0.2) is 21.9 Å².